The lowest BCUT2D eigenvalue weighted by atomic mass is 10.0. The summed E-state index contributed by atoms with van der Waals surface area (Å²) in [5.41, 5.74) is 3.08. The Balaban J connectivity index is 2.32. The highest BCUT2D eigenvalue weighted by Gasteiger charge is 2.09. The van der Waals surface area contributed by atoms with Crippen LogP contribution in [-0.4, -0.2) is 21.9 Å². The number of aryl methyl sites for hydroxylation is 1. The van der Waals surface area contributed by atoms with Gasteiger partial charge in [0.05, 0.1) is 18.8 Å². The molecule has 0 atom stereocenters. The predicted molar refractivity (Wildman–Crippen MR) is 70.5 cm³/mol. The second-order valence-corrected chi connectivity index (χ2v) is 4.13. The highest BCUT2D eigenvalue weighted by atomic mass is 16.5. The van der Waals surface area contributed by atoms with Crippen LogP contribution in [0.5, 0.6) is 5.88 Å². The predicted octanol–water partition coefficient (Wildman–Crippen LogP) is 2.64. The molecule has 3 rings (SSSR count). The monoisotopic (exact) mass is 239 g/mol. The molecule has 2 heterocycles. The number of hydrogen-bond acceptors (Lipinski definition) is 3. The van der Waals surface area contributed by atoms with E-state index in [1.54, 1.807) is 11.8 Å². The van der Waals surface area contributed by atoms with Crippen LogP contribution in [0.4, 0.5) is 0 Å². The fraction of sp³-hybridized carbons (Fsp3) is 0.143. The lowest BCUT2D eigenvalue weighted by molar-refractivity contribution is 0.400. The first-order chi connectivity index (χ1) is 8.78. The molecule has 0 aliphatic heterocycles. The highest BCUT2D eigenvalue weighted by Crippen LogP contribution is 2.30. The van der Waals surface area contributed by atoms with E-state index in [0.717, 1.165) is 22.0 Å². The fourth-order valence-corrected chi connectivity index (χ4v) is 2.05. The smallest absolute Gasteiger partial charge is 0.214 e. The topological polar surface area (TPSA) is 39.9 Å². The lowest BCUT2D eigenvalue weighted by Gasteiger charge is -2.07. The number of pyridine rings is 1. The second-order valence-electron chi connectivity index (χ2n) is 4.13. The Bertz CT molecular complexity index is 703. The molecule has 0 fully saturated rings. The van der Waals surface area contributed by atoms with E-state index >= 15 is 0 Å². The summed E-state index contributed by atoms with van der Waals surface area (Å²) in [7, 11) is 3.54. The average Bonchev–Trinajstić information content (AvgIpc) is 2.84. The third-order valence-corrected chi connectivity index (χ3v) is 2.92. The number of hydrogen-bond donors (Lipinski definition) is 0. The van der Waals surface area contributed by atoms with E-state index in [2.05, 4.69) is 16.1 Å². The van der Waals surface area contributed by atoms with E-state index in [1.807, 2.05) is 43.7 Å². The molecule has 4 nitrogen and oxygen atoms in total. The van der Waals surface area contributed by atoms with Gasteiger partial charge in [0.25, 0.3) is 0 Å². The average molecular weight is 239 g/mol. The van der Waals surface area contributed by atoms with Gasteiger partial charge in [0.1, 0.15) is 0 Å². The Kier molecular flexibility index (Phi) is 2.48. The summed E-state index contributed by atoms with van der Waals surface area (Å²) in [5, 5.41) is 5.31. The van der Waals surface area contributed by atoms with Gasteiger partial charge in [0.15, 0.2) is 0 Å². The quantitative estimate of drug-likeness (QED) is 0.690. The Morgan fingerprint density at radius 2 is 2.06 bits per heavy atom. The number of rotatable bonds is 2. The van der Waals surface area contributed by atoms with Crippen molar-refractivity contribution < 1.29 is 4.74 Å². The second kappa shape index (κ2) is 4.14. The molecule has 0 amide bonds. The summed E-state index contributed by atoms with van der Waals surface area (Å²) in [4.78, 5) is 4.44. The molecule has 0 bridgehead atoms. The van der Waals surface area contributed by atoms with Crippen molar-refractivity contribution in [3.05, 3.63) is 42.7 Å². The number of para-hydroxylation sites is 1. The van der Waals surface area contributed by atoms with Crippen molar-refractivity contribution in [2.45, 2.75) is 0 Å². The summed E-state index contributed by atoms with van der Waals surface area (Å²) in [5.74, 6) is 0.618. The molecule has 90 valence electrons. The minimum Gasteiger partial charge on any atom is -0.481 e. The zero-order chi connectivity index (χ0) is 12.5. The van der Waals surface area contributed by atoms with Crippen molar-refractivity contribution >= 4 is 10.9 Å². The van der Waals surface area contributed by atoms with Crippen LogP contribution < -0.4 is 4.74 Å². The number of benzene rings is 1. The zero-order valence-electron chi connectivity index (χ0n) is 10.3. The summed E-state index contributed by atoms with van der Waals surface area (Å²) in [6.07, 6.45) is 3.84. The van der Waals surface area contributed by atoms with Gasteiger partial charge >= 0.3 is 0 Å². The van der Waals surface area contributed by atoms with E-state index in [9.17, 15) is 0 Å². The lowest BCUT2D eigenvalue weighted by Crippen LogP contribution is -1.90. The van der Waals surface area contributed by atoms with Crippen LogP contribution in [0.15, 0.2) is 42.7 Å². The molecule has 4 heteroatoms. The summed E-state index contributed by atoms with van der Waals surface area (Å²) < 4.78 is 7.04. The molecule has 2 aromatic heterocycles. The first-order valence-corrected chi connectivity index (χ1v) is 5.71. The fourth-order valence-electron chi connectivity index (χ4n) is 2.05. The highest BCUT2D eigenvalue weighted by molar-refractivity contribution is 5.94. The number of ether oxygens (including phenoxy) is 1. The van der Waals surface area contributed by atoms with Crippen molar-refractivity contribution in [1.29, 1.82) is 0 Å². The zero-order valence-corrected chi connectivity index (χ0v) is 10.3. The van der Waals surface area contributed by atoms with Gasteiger partial charge in [0.2, 0.25) is 5.88 Å². The van der Waals surface area contributed by atoms with E-state index in [1.165, 1.54) is 0 Å². The molecular weight excluding hydrogens is 226 g/mol. The molecule has 0 aliphatic carbocycles. The Hall–Kier alpha value is -2.36. The molecular formula is C14H13N3O. The van der Waals surface area contributed by atoms with E-state index < -0.39 is 0 Å². The van der Waals surface area contributed by atoms with Crippen LogP contribution in [0.1, 0.15) is 0 Å². The van der Waals surface area contributed by atoms with Gasteiger partial charge in [-0.2, -0.15) is 5.10 Å². The van der Waals surface area contributed by atoms with E-state index in [0.29, 0.717) is 5.88 Å². The van der Waals surface area contributed by atoms with Crippen LogP contribution >= 0.6 is 0 Å². The third kappa shape index (κ3) is 1.72. The Morgan fingerprint density at radius 3 is 2.78 bits per heavy atom. The van der Waals surface area contributed by atoms with Gasteiger partial charge < -0.3 is 4.74 Å². The molecule has 0 saturated heterocycles. The first-order valence-electron chi connectivity index (χ1n) is 5.71. The van der Waals surface area contributed by atoms with Crippen molar-refractivity contribution in [2.24, 2.45) is 7.05 Å². The summed E-state index contributed by atoms with van der Waals surface area (Å²) in [6.45, 7) is 0. The summed E-state index contributed by atoms with van der Waals surface area (Å²) in [6, 6.07) is 9.97. The number of fused-ring (bicyclic) bond motifs is 1. The molecule has 0 spiro atoms. The maximum absolute atomic E-state index is 5.25. The van der Waals surface area contributed by atoms with Gasteiger partial charge in [-0.3, -0.25) is 4.68 Å². The molecule has 0 saturated carbocycles. The van der Waals surface area contributed by atoms with Crippen LogP contribution in [0, 0.1) is 0 Å². The van der Waals surface area contributed by atoms with Crippen LogP contribution in [0.3, 0.4) is 0 Å². The van der Waals surface area contributed by atoms with Crippen molar-refractivity contribution in [2.75, 3.05) is 7.11 Å². The Morgan fingerprint density at radius 1 is 1.22 bits per heavy atom. The maximum Gasteiger partial charge on any atom is 0.214 e. The first kappa shape index (κ1) is 10.8. The molecule has 0 radical (unpaired) electrons. The Labute approximate surface area is 105 Å². The molecule has 0 unspecified atom stereocenters. The molecule has 1 aromatic carbocycles. The minimum atomic E-state index is 0.618. The normalized spacial score (nSPS) is 10.8. The van der Waals surface area contributed by atoms with E-state index in [-0.39, 0.29) is 0 Å². The van der Waals surface area contributed by atoms with E-state index in [4.69, 9.17) is 4.74 Å². The minimum absolute atomic E-state index is 0.618. The molecule has 3 aromatic rings. The van der Waals surface area contributed by atoms with Crippen molar-refractivity contribution in [1.82, 2.24) is 14.8 Å². The van der Waals surface area contributed by atoms with Crippen LogP contribution in [0.2, 0.25) is 0 Å². The van der Waals surface area contributed by atoms with Crippen LogP contribution in [0.25, 0.3) is 22.0 Å². The number of methoxy groups -OCH3 is 1. The van der Waals surface area contributed by atoms with Crippen LogP contribution in [-0.2, 0) is 7.05 Å². The van der Waals surface area contributed by atoms with Crippen molar-refractivity contribution in [3.63, 3.8) is 0 Å². The molecule has 0 aliphatic rings. The van der Waals surface area contributed by atoms with Gasteiger partial charge in [-0.05, 0) is 11.6 Å². The van der Waals surface area contributed by atoms with Gasteiger partial charge in [-0.15, -0.1) is 0 Å². The standard InChI is InChI=1S/C14H13N3O/c1-17-9-10(8-15-17)12-7-14(18-2)16-13-6-4-3-5-11(12)13/h3-9H,1-2H3. The maximum atomic E-state index is 5.25. The van der Waals surface area contributed by atoms with Gasteiger partial charge in [-0.25, -0.2) is 4.98 Å². The van der Waals surface area contributed by atoms with Crippen molar-refractivity contribution in [3.8, 4) is 17.0 Å². The van der Waals surface area contributed by atoms with Gasteiger partial charge in [0, 0.05) is 30.3 Å². The van der Waals surface area contributed by atoms with Gasteiger partial charge in [-0.1, -0.05) is 18.2 Å². The SMILES string of the molecule is COc1cc(-c2cnn(C)c2)c2ccccc2n1. The summed E-state index contributed by atoms with van der Waals surface area (Å²) >= 11 is 0. The third-order valence-electron chi connectivity index (χ3n) is 2.92. The number of nitrogens with zero attached hydrogens (tertiary/aromatic N) is 3. The largest absolute Gasteiger partial charge is 0.481 e. The molecule has 18 heavy (non-hydrogen) atoms. The number of aromatic nitrogens is 3. The molecule has 0 N–H and O–H groups in total.